The lowest BCUT2D eigenvalue weighted by Crippen LogP contribution is -2.28. The highest BCUT2D eigenvalue weighted by molar-refractivity contribution is 5.76. The molecule has 0 radical (unpaired) electrons. The number of carboxylic acids is 1. The van der Waals surface area contributed by atoms with E-state index < -0.39 is 23.9 Å². The van der Waals surface area contributed by atoms with Crippen LogP contribution in [0.5, 0.6) is 5.75 Å². The molecule has 0 fully saturated rings. The zero-order valence-corrected chi connectivity index (χ0v) is 15.6. The largest absolute Gasteiger partial charge is 0.508 e. The van der Waals surface area contributed by atoms with Crippen molar-refractivity contribution in [1.82, 2.24) is 0 Å². The molecule has 0 amide bonds. The third kappa shape index (κ3) is 4.34. The van der Waals surface area contributed by atoms with E-state index in [9.17, 15) is 20.1 Å². The van der Waals surface area contributed by atoms with Gasteiger partial charge in [-0.05, 0) is 53.6 Å². The molecular formula is C22H26N2O4. The van der Waals surface area contributed by atoms with Crippen molar-refractivity contribution in [1.29, 1.82) is 5.41 Å². The second kappa shape index (κ2) is 8.44. The van der Waals surface area contributed by atoms with E-state index in [4.69, 9.17) is 11.1 Å². The summed E-state index contributed by atoms with van der Waals surface area (Å²) < 4.78 is 0. The van der Waals surface area contributed by atoms with Crippen LogP contribution in [0.1, 0.15) is 42.7 Å². The number of carbonyl (C=O) groups is 1. The number of benzene rings is 2. The molecule has 0 unspecified atom stereocenters. The number of phenols is 1. The zero-order valence-electron chi connectivity index (χ0n) is 15.6. The summed E-state index contributed by atoms with van der Waals surface area (Å²) in [7, 11) is 0. The number of aliphatic hydroxyl groups excluding tert-OH is 1. The molecule has 1 aliphatic carbocycles. The maximum absolute atomic E-state index is 12.0. The number of aliphatic carboxylic acids is 1. The number of carboxylic acid groups (broad SMARTS) is 1. The fourth-order valence-corrected chi connectivity index (χ4v) is 4.11. The Kier molecular flexibility index (Phi) is 5.99. The van der Waals surface area contributed by atoms with Gasteiger partial charge >= 0.3 is 5.97 Å². The number of aliphatic hydroxyl groups is 1. The Morgan fingerprint density at radius 2 is 1.82 bits per heavy atom. The third-order valence-electron chi connectivity index (χ3n) is 5.51. The van der Waals surface area contributed by atoms with Crippen molar-refractivity contribution in [2.24, 2.45) is 11.7 Å². The van der Waals surface area contributed by atoms with Crippen LogP contribution in [-0.2, 0) is 11.2 Å². The lowest BCUT2D eigenvalue weighted by molar-refractivity contribution is -0.144. The van der Waals surface area contributed by atoms with Crippen molar-refractivity contribution >= 4 is 11.8 Å². The van der Waals surface area contributed by atoms with Crippen molar-refractivity contribution in [2.45, 2.75) is 44.1 Å². The number of unbranched alkanes of at least 4 members (excludes halogenated alkanes) is 1. The van der Waals surface area contributed by atoms with Crippen LogP contribution >= 0.6 is 0 Å². The Morgan fingerprint density at radius 1 is 1.14 bits per heavy atom. The van der Waals surface area contributed by atoms with Gasteiger partial charge in [-0.25, -0.2) is 0 Å². The number of hydrogen-bond donors (Lipinski definition) is 5. The van der Waals surface area contributed by atoms with Gasteiger partial charge in [0.15, 0.2) is 0 Å². The highest BCUT2D eigenvalue weighted by atomic mass is 16.4. The Balaban J connectivity index is 1.86. The molecule has 1 aliphatic rings. The first-order valence-corrected chi connectivity index (χ1v) is 9.53. The number of nitrogens with two attached hydrogens (primary N) is 1. The first-order valence-electron chi connectivity index (χ1n) is 9.53. The first kappa shape index (κ1) is 19.9. The highest BCUT2D eigenvalue weighted by Gasteiger charge is 2.40. The monoisotopic (exact) mass is 382 g/mol. The molecule has 0 saturated carbocycles. The van der Waals surface area contributed by atoms with Crippen molar-refractivity contribution in [2.75, 3.05) is 0 Å². The van der Waals surface area contributed by atoms with Gasteiger partial charge in [0.25, 0.3) is 0 Å². The SMILES string of the molecule is N=C(N)CCCC[C@@H](C(=O)O)[C@H]1c2cc(-c3ccc(O)cc3)ccc2C[C@@H]1O. The molecule has 3 rings (SSSR count). The summed E-state index contributed by atoms with van der Waals surface area (Å²) in [6.07, 6.45) is 1.94. The number of rotatable bonds is 8. The molecule has 2 aromatic rings. The van der Waals surface area contributed by atoms with Gasteiger partial charge in [-0.2, -0.15) is 0 Å². The van der Waals surface area contributed by atoms with E-state index in [0.29, 0.717) is 32.1 Å². The minimum atomic E-state index is -0.908. The average molecular weight is 382 g/mol. The molecular weight excluding hydrogens is 356 g/mol. The smallest absolute Gasteiger partial charge is 0.307 e. The summed E-state index contributed by atoms with van der Waals surface area (Å²) in [6.45, 7) is 0. The van der Waals surface area contributed by atoms with Crippen LogP contribution in [0.3, 0.4) is 0 Å². The second-order valence-electron chi connectivity index (χ2n) is 7.47. The molecule has 6 nitrogen and oxygen atoms in total. The lowest BCUT2D eigenvalue weighted by Gasteiger charge is -2.24. The van der Waals surface area contributed by atoms with E-state index in [2.05, 4.69) is 0 Å². The van der Waals surface area contributed by atoms with Gasteiger partial charge in [0.2, 0.25) is 0 Å². The maximum Gasteiger partial charge on any atom is 0.307 e. The second-order valence-corrected chi connectivity index (χ2v) is 7.47. The minimum Gasteiger partial charge on any atom is -0.508 e. The fraction of sp³-hybridized carbons (Fsp3) is 0.364. The van der Waals surface area contributed by atoms with E-state index in [1.807, 2.05) is 30.3 Å². The molecule has 6 heteroatoms. The predicted octanol–water partition coefficient (Wildman–Crippen LogP) is 3.26. The van der Waals surface area contributed by atoms with E-state index in [-0.39, 0.29) is 11.6 Å². The summed E-state index contributed by atoms with van der Waals surface area (Å²) in [4.78, 5) is 12.0. The number of phenolic OH excluding ortho intramolecular Hbond substituents is 1. The normalized spacial score (nSPS) is 19.2. The zero-order chi connectivity index (χ0) is 20.3. The van der Waals surface area contributed by atoms with Gasteiger partial charge in [0, 0.05) is 12.3 Å². The Hall–Kier alpha value is -2.86. The van der Waals surface area contributed by atoms with E-state index in [0.717, 1.165) is 22.3 Å². The van der Waals surface area contributed by atoms with Crippen LogP contribution in [0.2, 0.25) is 0 Å². The summed E-state index contributed by atoms with van der Waals surface area (Å²) in [5.41, 5.74) is 9.09. The first-order chi connectivity index (χ1) is 13.4. The maximum atomic E-state index is 12.0. The lowest BCUT2D eigenvalue weighted by atomic mass is 9.82. The van der Waals surface area contributed by atoms with Crippen LogP contribution in [0.4, 0.5) is 0 Å². The average Bonchev–Trinajstić information content (AvgIpc) is 2.97. The van der Waals surface area contributed by atoms with E-state index in [1.165, 1.54) is 0 Å². The number of amidine groups is 1. The van der Waals surface area contributed by atoms with Crippen molar-refractivity contribution in [3.63, 3.8) is 0 Å². The Morgan fingerprint density at radius 3 is 2.46 bits per heavy atom. The minimum absolute atomic E-state index is 0.108. The van der Waals surface area contributed by atoms with Crippen LogP contribution in [0, 0.1) is 11.3 Å². The van der Waals surface area contributed by atoms with Gasteiger partial charge in [0.05, 0.1) is 17.9 Å². The van der Waals surface area contributed by atoms with Crippen LogP contribution in [0.25, 0.3) is 11.1 Å². The summed E-state index contributed by atoms with van der Waals surface area (Å²) >= 11 is 0. The standard InChI is InChI=1S/C22H26N2O4/c23-20(24)4-2-1-3-17(22(27)28)21-18-11-14(5-6-15(18)12-19(21)26)13-7-9-16(25)10-8-13/h5-11,17,19,21,25-26H,1-4,12H2,(H3,23,24)(H,27,28)/t17-,19+,21+/m1/s1. The highest BCUT2D eigenvalue weighted by Crippen LogP contribution is 2.42. The Bertz CT molecular complexity index is 863. The van der Waals surface area contributed by atoms with Gasteiger partial charge in [-0.15, -0.1) is 0 Å². The predicted molar refractivity (Wildman–Crippen MR) is 108 cm³/mol. The number of fused-ring (bicyclic) bond motifs is 1. The van der Waals surface area contributed by atoms with E-state index in [1.54, 1.807) is 12.1 Å². The topological polar surface area (TPSA) is 128 Å². The third-order valence-corrected chi connectivity index (χ3v) is 5.51. The fourth-order valence-electron chi connectivity index (χ4n) is 4.11. The molecule has 2 aromatic carbocycles. The van der Waals surface area contributed by atoms with Crippen LogP contribution in [-0.4, -0.2) is 33.2 Å². The van der Waals surface area contributed by atoms with Gasteiger partial charge in [-0.3, -0.25) is 10.2 Å². The Labute approximate surface area is 164 Å². The van der Waals surface area contributed by atoms with Gasteiger partial charge in [-0.1, -0.05) is 36.8 Å². The molecule has 0 bridgehead atoms. The summed E-state index contributed by atoms with van der Waals surface area (Å²) in [6, 6.07) is 12.7. The number of hydrogen-bond acceptors (Lipinski definition) is 4. The van der Waals surface area contributed by atoms with Crippen molar-refractivity contribution in [3.8, 4) is 16.9 Å². The summed E-state index contributed by atoms with van der Waals surface area (Å²) in [5, 5.41) is 37.2. The van der Waals surface area contributed by atoms with Gasteiger partial charge in [0.1, 0.15) is 5.75 Å². The van der Waals surface area contributed by atoms with Gasteiger partial charge < -0.3 is 21.1 Å². The number of nitrogens with one attached hydrogen (secondary N) is 1. The van der Waals surface area contributed by atoms with Crippen LogP contribution in [0.15, 0.2) is 42.5 Å². The quantitative estimate of drug-likeness (QED) is 0.272. The molecule has 28 heavy (non-hydrogen) atoms. The van der Waals surface area contributed by atoms with E-state index >= 15 is 0 Å². The molecule has 0 aliphatic heterocycles. The summed E-state index contributed by atoms with van der Waals surface area (Å²) in [5.74, 6) is -1.75. The van der Waals surface area contributed by atoms with Crippen molar-refractivity contribution < 1.29 is 20.1 Å². The molecule has 3 atom stereocenters. The molecule has 0 saturated heterocycles. The molecule has 0 spiro atoms. The molecule has 148 valence electrons. The van der Waals surface area contributed by atoms with Crippen LogP contribution < -0.4 is 5.73 Å². The molecule has 0 heterocycles. The van der Waals surface area contributed by atoms with Crippen molar-refractivity contribution in [3.05, 3.63) is 53.6 Å². The molecule has 0 aromatic heterocycles. The number of aromatic hydroxyl groups is 1. The molecule has 6 N–H and O–H groups in total.